The predicted molar refractivity (Wildman–Crippen MR) is 132 cm³/mol. The molecule has 0 bridgehead atoms. The molecule has 0 unspecified atom stereocenters. The largest absolute Gasteiger partial charge is 0.252 e. The van der Waals surface area contributed by atoms with E-state index in [2.05, 4.69) is 80.6 Å². The molecule has 4 aromatic rings. The Bertz CT molecular complexity index is 1170. The summed E-state index contributed by atoms with van der Waals surface area (Å²) in [4.78, 5) is 10.2. The van der Waals surface area contributed by atoms with Crippen LogP contribution in [-0.2, 0) is 0 Å². The van der Waals surface area contributed by atoms with Crippen molar-refractivity contribution in [2.45, 2.75) is 20.3 Å². The van der Waals surface area contributed by atoms with Crippen molar-refractivity contribution < 1.29 is 0 Å². The number of hydrogen-bond acceptors (Lipinski definition) is 2. The van der Waals surface area contributed by atoms with Crippen molar-refractivity contribution in [1.29, 1.82) is 0 Å². The van der Waals surface area contributed by atoms with Crippen LogP contribution in [-0.4, -0.2) is 11.4 Å². The maximum Gasteiger partial charge on any atom is 0.0691 e. The Hall–Kier alpha value is -3.78. The first kappa shape index (κ1) is 20.5. The maximum atomic E-state index is 5.17. The Morgan fingerprint density at radius 3 is 1.48 bits per heavy atom. The molecule has 0 aliphatic rings. The first-order valence-corrected chi connectivity index (χ1v) is 10.6. The molecule has 4 rings (SSSR count). The van der Waals surface area contributed by atoms with E-state index in [9.17, 15) is 0 Å². The zero-order chi connectivity index (χ0) is 21.5. The number of benzene rings is 4. The second-order valence-corrected chi connectivity index (χ2v) is 7.60. The molecule has 0 aliphatic carbocycles. The highest BCUT2D eigenvalue weighted by Crippen LogP contribution is 2.26. The molecule has 0 amide bonds. The maximum absolute atomic E-state index is 5.17. The Morgan fingerprint density at radius 1 is 0.516 bits per heavy atom. The number of nitrogens with zero attached hydrogens (tertiary/aromatic N) is 2. The lowest BCUT2D eigenvalue weighted by Crippen LogP contribution is -2.11. The minimum atomic E-state index is 0.636. The van der Waals surface area contributed by atoms with Crippen LogP contribution in [0.15, 0.2) is 119 Å². The molecule has 152 valence electrons. The predicted octanol–water partition coefficient (Wildman–Crippen LogP) is 7.64. The minimum Gasteiger partial charge on any atom is -0.252 e. The van der Waals surface area contributed by atoms with Crippen molar-refractivity contribution in [2.75, 3.05) is 0 Å². The summed E-state index contributed by atoms with van der Waals surface area (Å²) in [6.07, 6.45) is 0.636. The molecular formula is C29H26N2. The second-order valence-electron chi connectivity index (χ2n) is 7.60. The highest BCUT2D eigenvalue weighted by atomic mass is 14.8. The third kappa shape index (κ3) is 5.23. The van der Waals surface area contributed by atoms with Gasteiger partial charge in [-0.1, -0.05) is 97.1 Å². The fraction of sp³-hybridized carbons (Fsp3) is 0.103. The summed E-state index contributed by atoms with van der Waals surface area (Å²) in [7, 11) is 0. The van der Waals surface area contributed by atoms with Gasteiger partial charge < -0.3 is 0 Å². The van der Waals surface area contributed by atoms with Crippen molar-refractivity contribution in [3.05, 3.63) is 131 Å². The van der Waals surface area contributed by atoms with Crippen LogP contribution in [0.5, 0.6) is 0 Å². The van der Waals surface area contributed by atoms with Gasteiger partial charge in [-0.05, 0) is 48.2 Å². The van der Waals surface area contributed by atoms with E-state index in [4.69, 9.17) is 9.98 Å². The van der Waals surface area contributed by atoms with E-state index in [1.165, 1.54) is 11.1 Å². The van der Waals surface area contributed by atoms with Crippen LogP contribution >= 0.6 is 0 Å². The van der Waals surface area contributed by atoms with Crippen molar-refractivity contribution in [3.63, 3.8) is 0 Å². The zero-order valence-electron chi connectivity index (χ0n) is 18.0. The molecule has 2 heteroatoms. The highest BCUT2D eigenvalue weighted by molar-refractivity contribution is 6.19. The van der Waals surface area contributed by atoms with E-state index >= 15 is 0 Å². The van der Waals surface area contributed by atoms with Crippen LogP contribution in [0.1, 0.15) is 28.7 Å². The molecule has 0 saturated heterocycles. The molecule has 0 aliphatic heterocycles. The smallest absolute Gasteiger partial charge is 0.0691 e. The van der Waals surface area contributed by atoms with Gasteiger partial charge in [0.1, 0.15) is 0 Å². The van der Waals surface area contributed by atoms with Gasteiger partial charge in [0.2, 0.25) is 0 Å². The number of aryl methyl sites for hydroxylation is 2. The molecule has 0 atom stereocenters. The Labute approximate surface area is 184 Å². The van der Waals surface area contributed by atoms with Crippen molar-refractivity contribution in [1.82, 2.24) is 0 Å². The SMILES string of the molecule is Cc1cccc(C)c1/N=C(\C/C(=N\c1ccccc1)c1ccccc1)c1ccccc1. The quantitative estimate of drug-likeness (QED) is 0.296. The van der Waals surface area contributed by atoms with Crippen molar-refractivity contribution in [3.8, 4) is 0 Å². The molecule has 0 heterocycles. The van der Waals surface area contributed by atoms with Crippen LogP contribution in [0.25, 0.3) is 0 Å². The van der Waals surface area contributed by atoms with Gasteiger partial charge in [-0.3, -0.25) is 9.98 Å². The van der Waals surface area contributed by atoms with Gasteiger partial charge in [-0.25, -0.2) is 0 Å². The summed E-state index contributed by atoms with van der Waals surface area (Å²) in [6.45, 7) is 4.23. The van der Waals surface area contributed by atoms with Gasteiger partial charge in [0.15, 0.2) is 0 Å². The summed E-state index contributed by atoms with van der Waals surface area (Å²) in [5, 5.41) is 0. The lowest BCUT2D eigenvalue weighted by molar-refractivity contribution is 1.30. The molecule has 0 aromatic heterocycles. The van der Waals surface area contributed by atoms with Gasteiger partial charge in [-0.2, -0.15) is 0 Å². The van der Waals surface area contributed by atoms with E-state index in [-0.39, 0.29) is 0 Å². The Morgan fingerprint density at radius 2 is 0.968 bits per heavy atom. The van der Waals surface area contributed by atoms with Crippen molar-refractivity contribution in [2.24, 2.45) is 9.98 Å². The van der Waals surface area contributed by atoms with Crippen LogP contribution in [0, 0.1) is 13.8 Å². The monoisotopic (exact) mass is 402 g/mol. The van der Waals surface area contributed by atoms with Gasteiger partial charge >= 0.3 is 0 Å². The molecule has 4 aromatic carbocycles. The normalized spacial score (nSPS) is 12.1. The van der Waals surface area contributed by atoms with Gasteiger partial charge in [0.25, 0.3) is 0 Å². The Kier molecular flexibility index (Phi) is 6.49. The van der Waals surface area contributed by atoms with Crippen molar-refractivity contribution >= 4 is 22.8 Å². The summed E-state index contributed by atoms with van der Waals surface area (Å²) < 4.78 is 0. The average Bonchev–Trinajstić information content (AvgIpc) is 2.82. The molecule has 2 nitrogen and oxygen atoms in total. The van der Waals surface area contributed by atoms with E-state index in [1.54, 1.807) is 0 Å². The molecule has 31 heavy (non-hydrogen) atoms. The van der Waals surface area contributed by atoms with Gasteiger partial charge in [0.05, 0.1) is 22.8 Å². The molecule has 0 N–H and O–H groups in total. The van der Waals surface area contributed by atoms with Crippen LogP contribution in [0.3, 0.4) is 0 Å². The average molecular weight is 403 g/mol. The molecule has 0 fully saturated rings. The molecular weight excluding hydrogens is 376 g/mol. The molecule has 0 radical (unpaired) electrons. The zero-order valence-corrected chi connectivity index (χ0v) is 18.0. The lowest BCUT2D eigenvalue weighted by atomic mass is 9.99. The summed E-state index contributed by atoms with van der Waals surface area (Å²) in [5.74, 6) is 0. The molecule has 0 spiro atoms. The third-order valence-electron chi connectivity index (χ3n) is 5.26. The first-order chi connectivity index (χ1) is 15.2. The summed E-state index contributed by atoms with van der Waals surface area (Å²) in [6, 6.07) is 37.2. The van der Waals surface area contributed by atoms with Gasteiger partial charge in [-0.15, -0.1) is 0 Å². The first-order valence-electron chi connectivity index (χ1n) is 10.6. The van der Waals surface area contributed by atoms with E-state index < -0.39 is 0 Å². The van der Waals surface area contributed by atoms with Gasteiger partial charge in [0, 0.05) is 6.42 Å². The number of aliphatic imine (C=N–C) groups is 2. The topological polar surface area (TPSA) is 24.7 Å². The standard InChI is InChI=1S/C29H26N2/c1-22-13-12-14-23(2)29(22)31-28(25-17-8-4-9-18-25)21-27(24-15-6-3-7-16-24)30-26-19-10-5-11-20-26/h3-20H,21H2,1-2H3/b30-27+,31-28+. The van der Waals surface area contributed by atoms with E-state index in [1.807, 2.05) is 42.5 Å². The molecule has 0 saturated carbocycles. The number of rotatable bonds is 6. The fourth-order valence-electron chi connectivity index (χ4n) is 3.61. The van der Waals surface area contributed by atoms with Crippen LogP contribution in [0.2, 0.25) is 0 Å². The minimum absolute atomic E-state index is 0.636. The second kappa shape index (κ2) is 9.82. The van der Waals surface area contributed by atoms with E-state index in [0.717, 1.165) is 33.9 Å². The van der Waals surface area contributed by atoms with Crippen LogP contribution < -0.4 is 0 Å². The number of para-hydroxylation sites is 2. The van der Waals surface area contributed by atoms with Crippen LogP contribution in [0.4, 0.5) is 11.4 Å². The Balaban J connectivity index is 1.84. The summed E-state index contributed by atoms with van der Waals surface area (Å²) >= 11 is 0. The summed E-state index contributed by atoms with van der Waals surface area (Å²) in [5.41, 5.74) is 8.56. The lowest BCUT2D eigenvalue weighted by Gasteiger charge is -2.13. The van der Waals surface area contributed by atoms with E-state index in [0.29, 0.717) is 6.42 Å². The highest BCUT2D eigenvalue weighted by Gasteiger charge is 2.13. The fourth-order valence-corrected chi connectivity index (χ4v) is 3.61. The third-order valence-corrected chi connectivity index (χ3v) is 5.26. The number of hydrogen-bond donors (Lipinski definition) is 0.